The van der Waals surface area contributed by atoms with Crippen molar-refractivity contribution in [1.29, 1.82) is 0 Å². The second kappa shape index (κ2) is 5.30. The summed E-state index contributed by atoms with van der Waals surface area (Å²) in [5.74, 6) is 0. The second-order valence-corrected chi connectivity index (χ2v) is 3.70. The predicted octanol–water partition coefficient (Wildman–Crippen LogP) is 1.26. The number of rotatable bonds is 5. The minimum Gasteiger partial charge on any atom is -0.395 e. The molecule has 0 saturated heterocycles. The maximum atomic E-state index is 8.73. The molecule has 0 fully saturated rings. The fourth-order valence-electron chi connectivity index (χ4n) is 0.962. The Bertz CT molecular complexity index is 198. The molecule has 2 N–H and O–H groups in total. The summed E-state index contributed by atoms with van der Waals surface area (Å²) in [4.78, 5) is 0. The van der Waals surface area contributed by atoms with E-state index >= 15 is 0 Å². The van der Waals surface area contributed by atoms with E-state index in [-0.39, 0.29) is 12.6 Å². The highest BCUT2D eigenvalue weighted by atomic mass is 32.1. The Hall–Kier alpha value is -0.380. The van der Waals surface area contributed by atoms with Crippen LogP contribution in [0.25, 0.3) is 0 Å². The van der Waals surface area contributed by atoms with Gasteiger partial charge in [-0.3, -0.25) is 0 Å². The van der Waals surface area contributed by atoms with Gasteiger partial charge in [0.15, 0.2) is 0 Å². The van der Waals surface area contributed by atoms with E-state index in [0.29, 0.717) is 0 Å². The molecule has 2 nitrogen and oxygen atoms in total. The number of aliphatic hydroxyl groups is 1. The predicted molar refractivity (Wildman–Crippen MR) is 52.6 cm³/mol. The van der Waals surface area contributed by atoms with Gasteiger partial charge in [0, 0.05) is 6.04 Å². The summed E-state index contributed by atoms with van der Waals surface area (Å²) in [5.41, 5.74) is 1.37. The molecule has 1 unspecified atom stereocenters. The smallest absolute Gasteiger partial charge is 0.0581 e. The summed E-state index contributed by atoms with van der Waals surface area (Å²) in [5, 5.41) is 16.2. The van der Waals surface area contributed by atoms with Crippen molar-refractivity contribution in [1.82, 2.24) is 5.32 Å². The monoisotopic (exact) mass is 185 g/mol. The highest BCUT2D eigenvalue weighted by molar-refractivity contribution is 7.07. The van der Waals surface area contributed by atoms with Crippen LogP contribution in [0.3, 0.4) is 0 Å². The van der Waals surface area contributed by atoms with Crippen molar-refractivity contribution in [2.75, 3.05) is 13.2 Å². The summed E-state index contributed by atoms with van der Waals surface area (Å²) in [6.45, 7) is 3.13. The van der Waals surface area contributed by atoms with Gasteiger partial charge in [0.25, 0.3) is 0 Å². The molecule has 1 heterocycles. The number of aliphatic hydroxyl groups excluding tert-OH is 1. The molecule has 0 aliphatic carbocycles. The Morgan fingerprint density at radius 3 is 3.08 bits per heavy atom. The quantitative estimate of drug-likeness (QED) is 0.724. The highest BCUT2D eigenvalue weighted by Crippen LogP contribution is 2.05. The molecule has 0 spiro atoms. The van der Waals surface area contributed by atoms with E-state index in [1.165, 1.54) is 5.56 Å². The Morgan fingerprint density at radius 2 is 2.50 bits per heavy atom. The van der Waals surface area contributed by atoms with Gasteiger partial charge < -0.3 is 10.4 Å². The van der Waals surface area contributed by atoms with Gasteiger partial charge >= 0.3 is 0 Å². The first kappa shape index (κ1) is 9.71. The molecule has 1 aromatic rings. The van der Waals surface area contributed by atoms with Gasteiger partial charge in [0.1, 0.15) is 0 Å². The lowest BCUT2D eigenvalue weighted by Gasteiger charge is -2.09. The number of hydrogen-bond acceptors (Lipinski definition) is 3. The van der Waals surface area contributed by atoms with Gasteiger partial charge in [-0.15, -0.1) is 0 Å². The van der Waals surface area contributed by atoms with E-state index < -0.39 is 0 Å². The maximum absolute atomic E-state index is 8.73. The molecule has 0 saturated carbocycles. The summed E-state index contributed by atoms with van der Waals surface area (Å²) in [6, 6.07) is 2.35. The SMILES string of the molecule is CC(CO)NCCc1ccsc1. The zero-order valence-electron chi connectivity index (χ0n) is 7.29. The van der Waals surface area contributed by atoms with Crippen LogP contribution in [0.5, 0.6) is 0 Å². The lowest BCUT2D eigenvalue weighted by atomic mass is 10.2. The summed E-state index contributed by atoms with van der Waals surface area (Å²) < 4.78 is 0. The number of thiophene rings is 1. The van der Waals surface area contributed by atoms with Crippen LogP contribution >= 0.6 is 11.3 Å². The highest BCUT2D eigenvalue weighted by Gasteiger charge is 1.97. The lowest BCUT2D eigenvalue weighted by Crippen LogP contribution is -2.30. The normalized spacial score (nSPS) is 13.2. The minimum absolute atomic E-state index is 0.212. The molecule has 1 aromatic heterocycles. The second-order valence-electron chi connectivity index (χ2n) is 2.92. The molecule has 68 valence electrons. The van der Waals surface area contributed by atoms with E-state index in [1.807, 2.05) is 6.92 Å². The first-order chi connectivity index (χ1) is 5.83. The Morgan fingerprint density at radius 1 is 1.67 bits per heavy atom. The van der Waals surface area contributed by atoms with E-state index in [9.17, 15) is 0 Å². The van der Waals surface area contributed by atoms with E-state index in [2.05, 4.69) is 22.1 Å². The van der Waals surface area contributed by atoms with E-state index in [4.69, 9.17) is 5.11 Å². The third kappa shape index (κ3) is 3.34. The largest absolute Gasteiger partial charge is 0.395 e. The standard InChI is InChI=1S/C9H15NOS/c1-8(6-11)10-4-2-9-3-5-12-7-9/h3,5,7-8,10-11H,2,4,6H2,1H3. The van der Waals surface area contributed by atoms with Gasteiger partial charge in [-0.2, -0.15) is 11.3 Å². The van der Waals surface area contributed by atoms with E-state index in [1.54, 1.807) is 11.3 Å². The topological polar surface area (TPSA) is 32.3 Å². The Balaban J connectivity index is 2.11. The minimum atomic E-state index is 0.212. The van der Waals surface area contributed by atoms with Crippen molar-refractivity contribution >= 4 is 11.3 Å². The van der Waals surface area contributed by atoms with Crippen LogP contribution in [-0.4, -0.2) is 24.3 Å². The molecule has 1 rings (SSSR count). The zero-order valence-corrected chi connectivity index (χ0v) is 8.10. The molecule has 0 amide bonds. The van der Waals surface area contributed by atoms with Crippen molar-refractivity contribution < 1.29 is 5.11 Å². The van der Waals surface area contributed by atoms with Crippen LogP contribution < -0.4 is 5.32 Å². The summed E-state index contributed by atoms with van der Waals surface area (Å²) in [6.07, 6.45) is 1.05. The molecule has 1 atom stereocenters. The van der Waals surface area contributed by atoms with Crippen molar-refractivity contribution in [3.8, 4) is 0 Å². The Kier molecular flexibility index (Phi) is 4.29. The van der Waals surface area contributed by atoms with Gasteiger partial charge in [-0.25, -0.2) is 0 Å². The zero-order chi connectivity index (χ0) is 8.81. The molecule has 0 aliphatic rings. The molecule has 0 radical (unpaired) electrons. The van der Waals surface area contributed by atoms with Crippen LogP contribution in [0, 0.1) is 0 Å². The molecule has 0 aliphatic heterocycles. The fraction of sp³-hybridized carbons (Fsp3) is 0.556. The maximum Gasteiger partial charge on any atom is 0.0581 e. The third-order valence-corrected chi connectivity index (χ3v) is 2.49. The third-order valence-electron chi connectivity index (χ3n) is 1.76. The van der Waals surface area contributed by atoms with Crippen LogP contribution in [-0.2, 0) is 6.42 Å². The summed E-state index contributed by atoms with van der Waals surface area (Å²) in [7, 11) is 0. The van der Waals surface area contributed by atoms with Crippen LogP contribution in [0.2, 0.25) is 0 Å². The Labute approximate surface area is 77.2 Å². The summed E-state index contributed by atoms with van der Waals surface area (Å²) >= 11 is 1.73. The molecule has 0 bridgehead atoms. The van der Waals surface area contributed by atoms with Gasteiger partial charge in [-0.05, 0) is 42.3 Å². The van der Waals surface area contributed by atoms with Crippen molar-refractivity contribution in [3.05, 3.63) is 22.4 Å². The molecule has 0 aromatic carbocycles. The fourth-order valence-corrected chi connectivity index (χ4v) is 1.67. The van der Waals surface area contributed by atoms with Gasteiger partial charge in [-0.1, -0.05) is 0 Å². The molecular weight excluding hydrogens is 170 g/mol. The van der Waals surface area contributed by atoms with E-state index in [0.717, 1.165) is 13.0 Å². The van der Waals surface area contributed by atoms with Crippen molar-refractivity contribution in [3.63, 3.8) is 0 Å². The van der Waals surface area contributed by atoms with Gasteiger partial charge in [0.05, 0.1) is 6.61 Å². The van der Waals surface area contributed by atoms with Crippen molar-refractivity contribution in [2.24, 2.45) is 0 Å². The van der Waals surface area contributed by atoms with Crippen LogP contribution in [0.1, 0.15) is 12.5 Å². The lowest BCUT2D eigenvalue weighted by molar-refractivity contribution is 0.252. The van der Waals surface area contributed by atoms with Crippen LogP contribution in [0.15, 0.2) is 16.8 Å². The molecule has 12 heavy (non-hydrogen) atoms. The first-order valence-corrected chi connectivity index (χ1v) is 5.12. The molecule has 3 heteroatoms. The first-order valence-electron chi connectivity index (χ1n) is 4.18. The number of nitrogens with one attached hydrogen (secondary N) is 1. The number of hydrogen-bond donors (Lipinski definition) is 2. The van der Waals surface area contributed by atoms with Gasteiger partial charge in [0.2, 0.25) is 0 Å². The van der Waals surface area contributed by atoms with Crippen LogP contribution in [0.4, 0.5) is 0 Å². The average Bonchev–Trinajstić information content (AvgIpc) is 2.57. The van der Waals surface area contributed by atoms with Crippen molar-refractivity contribution in [2.45, 2.75) is 19.4 Å². The molecular formula is C9H15NOS. The average molecular weight is 185 g/mol.